The van der Waals surface area contributed by atoms with Gasteiger partial charge in [-0.25, -0.2) is 0 Å². The van der Waals surface area contributed by atoms with Gasteiger partial charge in [-0.1, -0.05) is 30.3 Å². The van der Waals surface area contributed by atoms with Crippen LogP contribution in [-0.4, -0.2) is 4.98 Å². The molecule has 2 nitrogen and oxygen atoms in total. The number of nitrogens with zero attached hydrogens (tertiary/aromatic N) is 2. The standard InChI is InChI=1S/C23H21N2/c1-16-7-4-5-9-21(16)23-22-11-10-18(19-8-6-12-24-15-19)14-20(22)13-17(2)25(23)3/h4-15H,1-3H3/q+1. The predicted octanol–water partition coefficient (Wildman–Crippen LogP) is 5.01. The van der Waals surface area contributed by atoms with E-state index in [0.717, 1.165) is 5.56 Å². The summed E-state index contributed by atoms with van der Waals surface area (Å²) in [6.07, 6.45) is 3.73. The first-order valence-electron chi connectivity index (χ1n) is 8.55. The Balaban J connectivity index is 2.01. The highest BCUT2D eigenvalue weighted by Gasteiger charge is 2.19. The van der Waals surface area contributed by atoms with Crippen molar-refractivity contribution in [3.05, 3.63) is 84.3 Å². The number of pyridine rings is 2. The van der Waals surface area contributed by atoms with Gasteiger partial charge in [0.25, 0.3) is 0 Å². The first kappa shape index (κ1) is 15.5. The number of rotatable bonds is 2. The molecule has 2 heteroatoms. The summed E-state index contributed by atoms with van der Waals surface area (Å²) < 4.78 is 2.29. The van der Waals surface area contributed by atoms with E-state index in [1.165, 1.54) is 38.9 Å². The molecule has 4 aromatic rings. The summed E-state index contributed by atoms with van der Waals surface area (Å²) >= 11 is 0. The van der Waals surface area contributed by atoms with Gasteiger partial charge in [0.05, 0.1) is 5.39 Å². The number of benzene rings is 2. The largest absolute Gasteiger partial charge is 0.264 e. The molecule has 0 amide bonds. The maximum absolute atomic E-state index is 4.25. The SMILES string of the molecule is Cc1ccccc1-c1c2ccc(-c3cccnc3)cc2cc(C)[n+]1C. The molecule has 0 N–H and O–H groups in total. The lowest BCUT2D eigenvalue weighted by atomic mass is 9.96. The highest BCUT2D eigenvalue weighted by Crippen LogP contribution is 2.31. The van der Waals surface area contributed by atoms with Crippen molar-refractivity contribution in [3.63, 3.8) is 0 Å². The van der Waals surface area contributed by atoms with Crippen LogP contribution in [0.5, 0.6) is 0 Å². The second-order valence-electron chi connectivity index (χ2n) is 6.55. The maximum atomic E-state index is 4.25. The molecule has 0 spiro atoms. The van der Waals surface area contributed by atoms with E-state index in [2.05, 4.69) is 85.0 Å². The van der Waals surface area contributed by atoms with Crippen molar-refractivity contribution in [2.75, 3.05) is 0 Å². The lowest BCUT2D eigenvalue weighted by Gasteiger charge is -2.11. The average Bonchev–Trinajstić information content (AvgIpc) is 2.64. The van der Waals surface area contributed by atoms with Crippen molar-refractivity contribution in [3.8, 4) is 22.4 Å². The van der Waals surface area contributed by atoms with Gasteiger partial charge >= 0.3 is 0 Å². The lowest BCUT2D eigenvalue weighted by molar-refractivity contribution is -0.665. The third-order valence-corrected chi connectivity index (χ3v) is 4.93. The smallest absolute Gasteiger partial charge is 0.220 e. The van der Waals surface area contributed by atoms with Crippen molar-refractivity contribution in [2.24, 2.45) is 7.05 Å². The predicted molar refractivity (Wildman–Crippen MR) is 103 cm³/mol. The van der Waals surface area contributed by atoms with E-state index < -0.39 is 0 Å². The molecule has 0 fully saturated rings. The lowest BCUT2D eigenvalue weighted by Crippen LogP contribution is -2.35. The summed E-state index contributed by atoms with van der Waals surface area (Å²) in [5.41, 5.74) is 7.44. The number of fused-ring (bicyclic) bond motifs is 1. The fourth-order valence-electron chi connectivity index (χ4n) is 3.45. The Hall–Kier alpha value is -3.00. The van der Waals surface area contributed by atoms with E-state index in [9.17, 15) is 0 Å². The Kier molecular flexibility index (Phi) is 3.81. The average molecular weight is 325 g/mol. The molecule has 0 bridgehead atoms. The van der Waals surface area contributed by atoms with Crippen LogP contribution >= 0.6 is 0 Å². The number of aromatic nitrogens is 2. The topological polar surface area (TPSA) is 16.8 Å². The zero-order chi connectivity index (χ0) is 17.4. The molecule has 122 valence electrons. The molecule has 0 saturated heterocycles. The molecule has 0 aliphatic rings. The summed E-state index contributed by atoms with van der Waals surface area (Å²) in [6, 6.07) is 21.6. The zero-order valence-electron chi connectivity index (χ0n) is 14.8. The van der Waals surface area contributed by atoms with E-state index in [1.54, 1.807) is 0 Å². The van der Waals surface area contributed by atoms with Gasteiger partial charge in [-0.05, 0) is 47.7 Å². The second-order valence-corrected chi connectivity index (χ2v) is 6.55. The van der Waals surface area contributed by atoms with Crippen molar-refractivity contribution in [2.45, 2.75) is 13.8 Å². The summed E-state index contributed by atoms with van der Waals surface area (Å²) in [4.78, 5) is 4.25. The van der Waals surface area contributed by atoms with Crippen LogP contribution in [0.1, 0.15) is 11.3 Å². The molecule has 25 heavy (non-hydrogen) atoms. The van der Waals surface area contributed by atoms with E-state index in [4.69, 9.17) is 0 Å². The highest BCUT2D eigenvalue weighted by molar-refractivity contribution is 5.96. The molecular formula is C23H21N2+. The highest BCUT2D eigenvalue weighted by atomic mass is 14.9. The normalized spacial score (nSPS) is 11.0. The van der Waals surface area contributed by atoms with Crippen LogP contribution in [0.25, 0.3) is 33.2 Å². The first-order valence-corrected chi connectivity index (χ1v) is 8.55. The van der Waals surface area contributed by atoms with Crippen LogP contribution < -0.4 is 4.57 Å². The van der Waals surface area contributed by atoms with Gasteiger partial charge in [0.15, 0.2) is 5.69 Å². The Bertz CT molecular complexity index is 1070. The summed E-state index contributed by atoms with van der Waals surface area (Å²) in [7, 11) is 2.14. The van der Waals surface area contributed by atoms with Gasteiger partial charge < -0.3 is 0 Å². The van der Waals surface area contributed by atoms with E-state index in [0.29, 0.717) is 0 Å². The first-order chi connectivity index (χ1) is 12.1. The minimum absolute atomic E-state index is 1.15. The molecule has 2 aromatic carbocycles. The van der Waals surface area contributed by atoms with Crippen molar-refractivity contribution < 1.29 is 4.57 Å². The van der Waals surface area contributed by atoms with E-state index >= 15 is 0 Å². The van der Waals surface area contributed by atoms with Crippen LogP contribution in [0.4, 0.5) is 0 Å². The van der Waals surface area contributed by atoms with Crippen LogP contribution in [0, 0.1) is 13.8 Å². The molecule has 0 radical (unpaired) electrons. The summed E-state index contributed by atoms with van der Waals surface area (Å²) in [5, 5.41) is 2.53. The number of aryl methyl sites for hydroxylation is 2. The van der Waals surface area contributed by atoms with Gasteiger partial charge in [0.1, 0.15) is 7.05 Å². The molecule has 0 aliphatic heterocycles. The van der Waals surface area contributed by atoms with Gasteiger partial charge in [0, 0.05) is 36.5 Å². The zero-order valence-corrected chi connectivity index (χ0v) is 14.8. The molecule has 0 aliphatic carbocycles. The Morgan fingerprint density at radius 2 is 1.68 bits per heavy atom. The molecular weight excluding hydrogens is 304 g/mol. The Labute approximate surface area is 148 Å². The van der Waals surface area contributed by atoms with E-state index in [-0.39, 0.29) is 0 Å². The van der Waals surface area contributed by atoms with Crippen LogP contribution in [0.2, 0.25) is 0 Å². The molecule has 2 aromatic heterocycles. The van der Waals surface area contributed by atoms with Crippen molar-refractivity contribution in [1.82, 2.24) is 4.98 Å². The fraction of sp³-hybridized carbons (Fsp3) is 0.130. The Morgan fingerprint density at radius 1 is 0.840 bits per heavy atom. The van der Waals surface area contributed by atoms with Crippen molar-refractivity contribution in [1.29, 1.82) is 0 Å². The van der Waals surface area contributed by atoms with Crippen LogP contribution in [0.15, 0.2) is 73.1 Å². The summed E-state index contributed by atoms with van der Waals surface area (Å²) in [5.74, 6) is 0. The third-order valence-electron chi connectivity index (χ3n) is 4.93. The number of hydrogen-bond donors (Lipinski definition) is 0. The Morgan fingerprint density at radius 3 is 2.44 bits per heavy atom. The number of hydrogen-bond acceptors (Lipinski definition) is 1. The quantitative estimate of drug-likeness (QED) is 0.473. The fourth-order valence-corrected chi connectivity index (χ4v) is 3.45. The van der Waals surface area contributed by atoms with Gasteiger partial charge in [-0.3, -0.25) is 4.98 Å². The van der Waals surface area contributed by atoms with Crippen LogP contribution in [-0.2, 0) is 7.05 Å². The maximum Gasteiger partial charge on any atom is 0.220 e. The second kappa shape index (κ2) is 6.14. The molecule has 4 rings (SSSR count). The van der Waals surface area contributed by atoms with E-state index in [1.807, 2.05) is 18.5 Å². The molecule has 0 atom stereocenters. The minimum Gasteiger partial charge on any atom is -0.264 e. The van der Waals surface area contributed by atoms with Crippen molar-refractivity contribution >= 4 is 10.8 Å². The molecule has 0 saturated carbocycles. The monoisotopic (exact) mass is 325 g/mol. The van der Waals surface area contributed by atoms with Gasteiger partial charge in [-0.2, -0.15) is 4.57 Å². The molecule has 0 unspecified atom stereocenters. The van der Waals surface area contributed by atoms with Gasteiger partial charge in [-0.15, -0.1) is 0 Å². The van der Waals surface area contributed by atoms with Crippen LogP contribution in [0.3, 0.4) is 0 Å². The third kappa shape index (κ3) is 2.70. The summed E-state index contributed by atoms with van der Waals surface area (Å²) in [6.45, 7) is 4.34. The minimum atomic E-state index is 1.15. The van der Waals surface area contributed by atoms with Gasteiger partial charge in [0.2, 0.25) is 5.69 Å². The molecule has 2 heterocycles.